The summed E-state index contributed by atoms with van der Waals surface area (Å²) in [5.41, 5.74) is 0.811. The van der Waals surface area contributed by atoms with Gasteiger partial charge in [0, 0.05) is 37.9 Å². The predicted octanol–water partition coefficient (Wildman–Crippen LogP) is 1.88. The number of nitrogens with zero attached hydrogens (tertiary/aromatic N) is 4. The minimum atomic E-state index is -0.670. The van der Waals surface area contributed by atoms with Crippen LogP contribution < -0.4 is 15.1 Å². The first-order valence-corrected chi connectivity index (χ1v) is 9.12. The molecule has 9 heteroatoms. The van der Waals surface area contributed by atoms with Crippen molar-refractivity contribution in [1.82, 2.24) is 14.9 Å². The van der Waals surface area contributed by atoms with E-state index in [9.17, 15) is 14.4 Å². The van der Waals surface area contributed by atoms with E-state index in [4.69, 9.17) is 4.74 Å². The monoisotopic (exact) mass is 401 g/mol. The molecule has 9 nitrogen and oxygen atoms in total. The van der Waals surface area contributed by atoms with E-state index in [1.54, 1.807) is 32.9 Å². The highest BCUT2D eigenvalue weighted by Gasteiger charge is 2.24. The molecular formula is C20H27N5O4. The Kier molecular flexibility index (Phi) is 6.98. The Balaban J connectivity index is 2.15. The highest BCUT2D eigenvalue weighted by molar-refractivity contribution is 6.00. The van der Waals surface area contributed by atoms with Crippen molar-refractivity contribution in [1.29, 1.82) is 0 Å². The molecule has 1 N–H and O–H groups in total. The molecule has 2 amide bonds. The summed E-state index contributed by atoms with van der Waals surface area (Å²) in [5, 5.41) is 2.52. The van der Waals surface area contributed by atoms with Gasteiger partial charge in [-0.1, -0.05) is 0 Å². The topological polar surface area (TPSA) is 96.8 Å². The number of carbonyl (C=O) groups excluding carboxylic acids is 3. The van der Waals surface area contributed by atoms with E-state index in [1.807, 2.05) is 31.1 Å². The number of ether oxygens (including phenoxy) is 1. The Hall–Kier alpha value is -3.36. The first-order valence-electron chi connectivity index (χ1n) is 9.12. The average Bonchev–Trinajstić information content (AvgIpc) is 3.17. The van der Waals surface area contributed by atoms with Gasteiger partial charge in [0.05, 0.1) is 6.54 Å². The van der Waals surface area contributed by atoms with Gasteiger partial charge in [0.25, 0.3) is 0 Å². The molecule has 0 aliphatic heterocycles. The molecule has 2 aromatic rings. The molecule has 0 saturated heterocycles. The van der Waals surface area contributed by atoms with Crippen molar-refractivity contribution < 1.29 is 19.1 Å². The quantitative estimate of drug-likeness (QED) is 0.743. The van der Waals surface area contributed by atoms with E-state index in [-0.39, 0.29) is 13.1 Å². The van der Waals surface area contributed by atoms with Crippen molar-refractivity contribution >= 4 is 29.3 Å². The summed E-state index contributed by atoms with van der Waals surface area (Å²) in [6, 6.07) is 6.68. The molecule has 0 spiro atoms. The Morgan fingerprint density at radius 2 is 1.72 bits per heavy atom. The lowest BCUT2D eigenvalue weighted by atomic mass is 10.2. The maximum Gasteiger partial charge on any atom is 0.327 e. The summed E-state index contributed by atoms with van der Waals surface area (Å²) < 4.78 is 6.57. The number of rotatable bonds is 6. The van der Waals surface area contributed by atoms with Gasteiger partial charge in [-0.05, 0) is 45.0 Å². The van der Waals surface area contributed by atoms with Crippen molar-refractivity contribution in [2.24, 2.45) is 0 Å². The fourth-order valence-electron chi connectivity index (χ4n) is 2.47. The molecule has 0 radical (unpaired) electrons. The molecule has 2 rings (SSSR count). The van der Waals surface area contributed by atoms with E-state index in [0.717, 1.165) is 5.69 Å². The number of anilines is 2. The Labute approximate surface area is 170 Å². The molecule has 29 heavy (non-hydrogen) atoms. The third-order valence-electron chi connectivity index (χ3n) is 3.82. The standard InChI is InChI=1S/C20H27N5O4/c1-20(2,3)29-18(27)13-25(16-8-6-15(7-9-16)23(4)5)17(26)12-22-19(28)24-11-10-21-14-24/h6-11,14H,12-13H2,1-5H3,(H,22,28). The van der Waals surface area contributed by atoms with Crippen LogP contribution in [-0.4, -0.2) is 60.2 Å². The van der Waals surface area contributed by atoms with Crippen molar-refractivity contribution in [3.63, 3.8) is 0 Å². The van der Waals surface area contributed by atoms with Gasteiger partial charge >= 0.3 is 12.0 Å². The van der Waals surface area contributed by atoms with E-state index in [0.29, 0.717) is 5.69 Å². The minimum absolute atomic E-state index is 0.266. The molecule has 1 aromatic heterocycles. The minimum Gasteiger partial charge on any atom is -0.459 e. The number of benzene rings is 1. The zero-order valence-corrected chi connectivity index (χ0v) is 17.4. The lowest BCUT2D eigenvalue weighted by molar-refractivity contribution is -0.153. The number of aromatic nitrogens is 2. The number of imidazole rings is 1. The van der Waals surface area contributed by atoms with E-state index in [2.05, 4.69) is 10.3 Å². The fraction of sp³-hybridized carbons (Fsp3) is 0.400. The number of amides is 2. The molecule has 156 valence electrons. The Morgan fingerprint density at radius 1 is 1.10 bits per heavy atom. The van der Waals surface area contributed by atoms with Gasteiger partial charge < -0.3 is 15.0 Å². The second-order valence-corrected chi connectivity index (χ2v) is 7.61. The van der Waals surface area contributed by atoms with Crippen LogP contribution in [0, 0.1) is 0 Å². The van der Waals surface area contributed by atoms with Crippen LogP contribution >= 0.6 is 0 Å². The van der Waals surface area contributed by atoms with Crippen molar-refractivity contribution in [3.05, 3.63) is 43.0 Å². The summed E-state index contributed by atoms with van der Waals surface area (Å²) in [6.07, 6.45) is 4.26. The molecule has 0 atom stereocenters. The predicted molar refractivity (Wildman–Crippen MR) is 110 cm³/mol. The van der Waals surface area contributed by atoms with E-state index < -0.39 is 23.5 Å². The van der Waals surface area contributed by atoms with Crippen LogP contribution in [0.3, 0.4) is 0 Å². The number of hydrogen-bond acceptors (Lipinski definition) is 6. The normalized spacial score (nSPS) is 10.9. The second-order valence-electron chi connectivity index (χ2n) is 7.61. The molecule has 0 aliphatic carbocycles. The average molecular weight is 401 g/mol. The van der Waals surface area contributed by atoms with Crippen LogP contribution in [0.4, 0.5) is 16.2 Å². The Morgan fingerprint density at radius 3 is 2.24 bits per heavy atom. The van der Waals surface area contributed by atoms with Crippen LogP contribution in [0.1, 0.15) is 20.8 Å². The molecule has 0 aliphatic rings. The third kappa shape index (κ3) is 6.63. The van der Waals surface area contributed by atoms with Crippen LogP contribution in [0.2, 0.25) is 0 Å². The van der Waals surface area contributed by atoms with Gasteiger partial charge in [-0.2, -0.15) is 0 Å². The largest absolute Gasteiger partial charge is 0.459 e. The van der Waals surface area contributed by atoms with Crippen LogP contribution in [-0.2, 0) is 14.3 Å². The zero-order chi connectivity index (χ0) is 21.6. The lowest BCUT2D eigenvalue weighted by Crippen LogP contribution is -2.44. The maximum absolute atomic E-state index is 12.8. The molecule has 1 heterocycles. The van der Waals surface area contributed by atoms with Crippen LogP contribution in [0.25, 0.3) is 0 Å². The number of hydrogen-bond donors (Lipinski definition) is 1. The summed E-state index contributed by atoms with van der Waals surface area (Å²) >= 11 is 0. The van der Waals surface area contributed by atoms with Crippen molar-refractivity contribution in [2.45, 2.75) is 26.4 Å². The third-order valence-corrected chi connectivity index (χ3v) is 3.82. The van der Waals surface area contributed by atoms with Gasteiger partial charge in [-0.25, -0.2) is 9.78 Å². The maximum atomic E-state index is 12.8. The zero-order valence-electron chi connectivity index (χ0n) is 17.4. The molecule has 0 bridgehead atoms. The van der Waals surface area contributed by atoms with Crippen molar-refractivity contribution in [2.75, 3.05) is 37.0 Å². The molecular weight excluding hydrogens is 374 g/mol. The van der Waals surface area contributed by atoms with E-state index >= 15 is 0 Å². The SMILES string of the molecule is CN(C)c1ccc(N(CC(=O)OC(C)(C)C)C(=O)CNC(=O)n2ccnc2)cc1. The van der Waals surface area contributed by atoms with E-state index in [1.165, 1.54) is 28.2 Å². The molecule has 0 fully saturated rings. The number of carbonyl (C=O) groups is 3. The van der Waals surface area contributed by atoms with Crippen LogP contribution in [0.5, 0.6) is 0 Å². The van der Waals surface area contributed by atoms with Crippen LogP contribution in [0.15, 0.2) is 43.0 Å². The number of nitrogens with one attached hydrogen (secondary N) is 1. The highest BCUT2D eigenvalue weighted by Crippen LogP contribution is 2.20. The summed E-state index contributed by atoms with van der Waals surface area (Å²) in [6.45, 7) is 4.73. The molecule has 1 aromatic carbocycles. The summed E-state index contributed by atoms with van der Waals surface area (Å²) in [7, 11) is 3.81. The Bertz CT molecular complexity index is 839. The number of esters is 1. The first kappa shape index (κ1) is 21.9. The summed E-state index contributed by atoms with van der Waals surface area (Å²) in [5.74, 6) is -0.981. The van der Waals surface area contributed by atoms with Gasteiger partial charge in [-0.3, -0.25) is 19.1 Å². The summed E-state index contributed by atoms with van der Waals surface area (Å²) in [4.78, 5) is 44.2. The lowest BCUT2D eigenvalue weighted by Gasteiger charge is -2.26. The molecule has 0 unspecified atom stereocenters. The van der Waals surface area contributed by atoms with Gasteiger partial charge in [-0.15, -0.1) is 0 Å². The highest BCUT2D eigenvalue weighted by atomic mass is 16.6. The smallest absolute Gasteiger partial charge is 0.327 e. The van der Waals surface area contributed by atoms with Gasteiger partial charge in [0.15, 0.2) is 0 Å². The van der Waals surface area contributed by atoms with Gasteiger partial charge in [0.2, 0.25) is 5.91 Å². The fourth-order valence-corrected chi connectivity index (χ4v) is 2.47. The van der Waals surface area contributed by atoms with Gasteiger partial charge in [0.1, 0.15) is 18.5 Å². The van der Waals surface area contributed by atoms with Crippen molar-refractivity contribution in [3.8, 4) is 0 Å². The second kappa shape index (κ2) is 9.22. The first-order chi connectivity index (χ1) is 13.6. The molecule has 0 saturated carbocycles.